The number of carbonyl (C=O) groups is 1. The first-order valence-electron chi connectivity index (χ1n) is 6.52. The van der Waals surface area contributed by atoms with E-state index in [1.807, 2.05) is 25.1 Å². The molecule has 1 heterocycles. The fourth-order valence-corrected chi connectivity index (χ4v) is 3.23. The maximum Gasteiger partial charge on any atom is 0.260 e. The SMILES string of the molecule is Cc1cccc(OCC(=O)N2CCC(S(C)(=O)=O)C2)c1. The molecule has 20 heavy (non-hydrogen) atoms. The summed E-state index contributed by atoms with van der Waals surface area (Å²) >= 11 is 0. The Bertz CT molecular complexity index is 597. The van der Waals surface area contributed by atoms with Gasteiger partial charge < -0.3 is 9.64 Å². The molecule has 0 N–H and O–H groups in total. The summed E-state index contributed by atoms with van der Waals surface area (Å²) in [6.45, 7) is 2.65. The zero-order chi connectivity index (χ0) is 14.8. The van der Waals surface area contributed by atoms with Gasteiger partial charge in [0.25, 0.3) is 5.91 Å². The minimum absolute atomic E-state index is 0.0556. The minimum Gasteiger partial charge on any atom is -0.484 e. The Labute approximate surface area is 119 Å². The highest BCUT2D eigenvalue weighted by molar-refractivity contribution is 7.91. The number of sulfone groups is 1. The molecule has 0 spiro atoms. The van der Waals surface area contributed by atoms with Crippen molar-refractivity contribution < 1.29 is 17.9 Å². The van der Waals surface area contributed by atoms with Crippen molar-refractivity contribution >= 4 is 15.7 Å². The summed E-state index contributed by atoms with van der Waals surface area (Å²) in [5.74, 6) is 0.481. The number of aryl methyl sites for hydroxylation is 1. The number of hydrogen-bond acceptors (Lipinski definition) is 4. The van der Waals surface area contributed by atoms with E-state index in [1.54, 1.807) is 11.0 Å². The summed E-state index contributed by atoms with van der Waals surface area (Å²) in [6.07, 6.45) is 1.73. The van der Waals surface area contributed by atoms with E-state index in [0.29, 0.717) is 18.7 Å². The van der Waals surface area contributed by atoms with Crippen LogP contribution in [0, 0.1) is 6.92 Å². The Balaban J connectivity index is 1.87. The van der Waals surface area contributed by atoms with Crippen molar-refractivity contribution in [1.82, 2.24) is 4.90 Å². The van der Waals surface area contributed by atoms with Crippen LogP contribution in [0.3, 0.4) is 0 Å². The van der Waals surface area contributed by atoms with E-state index in [-0.39, 0.29) is 19.1 Å². The molecule has 1 aromatic carbocycles. The largest absolute Gasteiger partial charge is 0.484 e. The Hall–Kier alpha value is -1.56. The highest BCUT2D eigenvalue weighted by Gasteiger charge is 2.32. The summed E-state index contributed by atoms with van der Waals surface area (Å²) in [4.78, 5) is 13.5. The topological polar surface area (TPSA) is 63.7 Å². The van der Waals surface area contributed by atoms with Crippen LogP contribution in [0.15, 0.2) is 24.3 Å². The van der Waals surface area contributed by atoms with E-state index in [0.717, 1.165) is 5.56 Å². The monoisotopic (exact) mass is 297 g/mol. The summed E-state index contributed by atoms with van der Waals surface area (Å²) in [5, 5.41) is -0.439. The second-order valence-corrected chi connectivity index (χ2v) is 7.51. The van der Waals surface area contributed by atoms with Gasteiger partial charge in [0, 0.05) is 19.3 Å². The lowest BCUT2D eigenvalue weighted by Crippen LogP contribution is -2.34. The molecule has 110 valence electrons. The van der Waals surface area contributed by atoms with Crippen molar-refractivity contribution in [3.05, 3.63) is 29.8 Å². The van der Waals surface area contributed by atoms with Crippen LogP contribution in [0.1, 0.15) is 12.0 Å². The first-order valence-corrected chi connectivity index (χ1v) is 8.48. The van der Waals surface area contributed by atoms with Crippen LogP contribution >= 0.6 is 0 Å². The number of benzene rings is 1. The number of amides is 1. The van der Waals surface area contributed by atoms with E-state index in [1.165, 1.54) is 6.26 Å². The molecular formula is C14H19NO4S. The van der Waals surface area contributed by atoms with Gasteiger partial charge in [-0.3, -0.25) is 4.79 Å². The lowest BCUT2D eigenvalue weighted by Gasteiger charge is -2.16. The van der Waals surface area contributed by atoms with Gasteiger partial charge in [-0.1, -0.05) is 12.1 Å². The summed E-state index contributed by atoms with van der Waals surface area (Å²) in [5.41, 5.74) is 1.06. The first-order chi connectivity index (χ1) is 9.36. The molecule has 1 unspecified atom stereocenters. The maximum atomic E-state index is 12.0. The van der Waals surface area contributed by atoms with E-state index in [9.17, 15) is 13.2 Å². The molecule has 0 radical (unpaired) electrons. The number of rotatable bonds is 4. The van der Waals surface area contributed by atoms with Crippen LogP contribution in [-0.4, -0.2) is 50.4 Å². The van der Waals surface area contributed by atoms with E-state index in [4.69, 9.17) is 4.74 Å². The van der Waals surface area contributed by atoms with Gasteiger partial charge in [-0.2, -0.15) is 0 Å². The highest BCUT2D eigenvalue weighted by Crippen LogP contribution is 2.17. The predicted molar refractivity (Wildman–Crippen MR) is 76.5 cm³/mol. The number of carbonyl (C=O) groups excluding carboxylic acids is 1. The molecule has 0 bridgehead atoms. The van der Waals surface area contributed by atoms with Crippen LogP contribution in [-0.2, 0) is 14.6 Å². The third-order valence-electron chi connectivity index (χ3n) is 3.46. The maximum absolute atomic E-state index is 12.0. The van der Waals surface area contributed by atoms with Crippen molar-refractivity contribution in [2.45, 2.75) is 18.6 Å². The normalized spacial score (nSPS) is 19.1. The van der Waals surface area contributed by atoms with Gasteiger partial charge in [0.1, 0.15) is 5.75 Å². The molecule has 0 aliphatic carbocycles. The van der Waals surface area contributed by atoms with Gasteiger partial charge in [0.15, 0.2) is 16.4 Å². The first kappa shape index (κ1) is 14.8. The van der Waals surface area contributed by atoms with Crippen molar-refractivity contribution in [2.24, 2.45) is 0 Å². The van der Waals surface area contributed by atoms with Crippen molar-refractivity contribution in [3.8, 4) is 5.75 Å². The molecule has 1 aliphatic rings. The molecule has 2 rings (SSSR count). The van der Waals surface area contributed by atoms with Crippen LogP contribution in [0.2, 0.25) is 0 Å². The number of ether oxygens (including phenoxy) is 1. The zero-order valence-electron chi connectivity index (χ0n) is 11.7. The van der Waals surface area contributed by atoms with Crippen molar-refractivity contribution in [2.75, 3.05) is 26.0 Å². The van der Waals surface area contributed by atoms with Gasteiger partial charge in [-0.25, -0.2) is 8.42 Å². The van der Waals surface area contributed by atoms with Gasteiger partial charge >= 0.3 is 0 Å². The van der Waals surface area contributed by atoms with Gasteiger partial charge in [-0.15, -0.1) is 0 Å². The molecule has 1 fully saturated rings. The summed E-state index contributed by atoms with van der Waals surface area (Å²) in [6, 6.07) is 7.47. The van der Waals surface area contributed by atoms with E-state index < -0.39 is 15.1 Å². The number of likely N-dealkylation sites (tertiary alicyclic amines) is 1. The molecule has 1 atom stereocenters. The number of hydrogen-bond donors (Lipinski definition) is 0. The highest BCUT2D eigenvalue weighted by atomic mass is 32.2. The average molecular weight is 297 g/mol. The van der Waals surface area contributed by atoms with Crippen LogP contribution < -0.4 is 4.74 Å². The summed E-state index contributed by atoms with van der Waals surface area (Å²) in [7, 11) is -3.08. The molecule has 0 saturated carbocycles. The molecule has 1 aromatic rings. The van der Waals surface area contributed by atoms with Crippen LogP contribution in [0.25, 0.3) is 0 Å². The van der Waals surface area contributed by atoms with E-state index in [2.05, 4.69) is 0 Å². The van der Waals surface area contributed by atoms with Gasteiger partial charge in [-0.05, 0) is 31.0 Å². The quantitative estimate of drug-likeness (QED) is 0.832. The fourth-order valence-electron chi connectivity index (χ4n) is 2.25. The van der Waals surface area contributed by atoms with Crippen LogP contribution in [0.4, 0.5) is 0 Å². The third kappa shape index (κ3) is 3.72. The second kappa shape index (κ2) is 5.83. The fraction of sp³-hybridized carbons (Fsp3) is 0.500. The second-order valence-electron chi connectivity index (χ2n) is 5.19. The minimum atomic E-state index is -3.08. The predicted octanol–water partition coefficient (Wildman–Crippen LogP) is 1.02. The third-order valence-corrected chi connectivity index (χ3v) is 5.05. The smallest absolute Gasteiger partial charge is 0.260 e. The van der Waals surface area contributed by atoms with Crippen molar-refractivity contribution in [3.63, 3.8) is 0 Å². The molecule has 6 heteroatoms. The Kier molecular flexibility index (Phi) is 4.32. The summed E-state index contributed by atoms with van der Waals surface area (Å²) < 4.78 is 28.3. The lowest BCUT2D eigenvalue weighted by atomic mass is 10.2. The molecular weight excluding hydrogens is 278 g/mol. The van der Waals surface area contributed by atoms with Crippen molar-refractivity contribution in [1.29, 1.82) is 0 Å². The van der Waals surface area contributed by atoms with E-state index >= 15 is 0 Å². The Morgan fingerprint density at radius 2 is 2.20 bits per heavy atom. The van der Waals surface area contributed by atoms with Gasteiger partial charge in [0.05, 0.1) is 5.25 Å². The average Bonchev–Trinajstić information content (AvgIpc) is 2.85. The molecule has 0 aromatic heterocycles. The lowest BCUT2D eigenvalue weighted by molar-refractivity contribution is -0.132. The molecule has 1 amide bonds. The van der Waals surface area contributed by atoms with Crippen LogP contribution in [0.5, 0.6) is 5.75 Å². The zero-order valence-corrected chi connectivity index (χ0v) is 12.5. The molecule has 5 nitrogen and oxygen atoms in total. The Morgan fingerprint density at radius 3 is 2.80 bits per heavy atom. The molecule has 1 aliphatic heterocycles. The Morgan fingerprint density at radius 1 is 1.45 bits per heavy atom. The van der Waals surface area contributed by atoms with Gasteiger partial charge in [0.2, 0.25) is 0 Å². The number of nitrogens with zero attached hydrogens (tertiary/aromatic N) is 1. The molecule has 1 saturated heterocycles. The standard InChI is InChI=1S/C14H19NO4S/c1-11-4-3-5-12(8-11)19-10-14(16)15-7-6-13(9-15)20(2,17)18/h3-5,8,13H,6-7,9-10H2,1-2H3.